The number of likely N-dealkylation sites (N-methyl/N-ethyl adjacent to an activating group) is 1. The standard InChI is InChI=1S/C22H25FN4O3/c1-24-20(28)19-17-9-11-26(21(29)18-4-3-10-25(18)2)12-14(17)13-27(22(19)30)16-7-5-15(23)6-8-16/h5-8,13,18H,3-4,9-12H2,1-2H3,(H,24,28)/t18-/m0/s1. The van der Waals surface area contributed by atoms with E-state index in [1.54, 1.807) is 6.20 Å². The van der Waals surface area contributed by atoms with Crippen molar-refractivity contribution in [2.24, 2.45) is 0 Å². The second-order valence-corrected chi connectivity index (χ2v) is 7.89. The minimum Gasteiger partial charge on any atom is -0.355 e. The third kappa shape index (κ3) is 3.52. The summed E-state index contributed by atoms with van der Waals surface area (Å²) >= 11 is 0. The minimum atomic E-state index is -0.456. The Kier molecular flexibility index (Phi) is 5.42. The lowest BCUT2D eigenvalue weighted by molar-refractivity contribution is -0.136. The normalized spacial score (nSPS) is 18.9. The SMILES string of the molecule is CNC(=O)c1c2c(cn(-c3ccc(F)cc3)c1=O)CN(C(=O)[C@@H]1CCCN1C)CC2. The zero-order chi connectivity index (χ0) is 21.4. The van der Waals surface area contributed by atoms with Crippen molar-refractivity contribution in [3.05, 3.63) is 63.3 Å². The molecule has 1 fully saturated rings. The Morgan fingerprint density at radius 1 is 1.17 bits per heavy atom. The molecule has 2 aliphatic rings. The van der Waals surface area contributed by atoms with E-state index >= 15 is 0 Å². The number of carbonyl (C=O) groups is 2. The molecule has 0 saturated carbocycles. The maximum Gasteiger partial charge on any atom is 0.268 e. The number of fused-ring (bicyclic) bond motifs is 1. The summed E-state index contributed by atoms with van der Waals surface area (Å²) in [5.41, 5.74) is 1.55. The first-order valence-electron chi connectivity index (χ1n) is 10.1. The molecule has 0 unspecified atom stereocenters. The smallest absolute Gasteiger partial charge is 0.268 e. The van der Waals surface area contributed by atoms with Gasteiger partial charge in [0.05, 0.1) is 6.04 Å². The fourth-order valence-corrected chi connectivity index (χ4v) is 4.43. The number of likely N-dealkylation sites (tertiary alicyclic amines) is 1. The molecular weight excluding hydrogens is 387 g/mol. The molecule has 30 heavy (non-hydrogen) atoms. The number of nitrogens with zero attached hydrogens (tertiary/aromatic N) is 3. The van der Waals surface area contributed by atoms with Crippen LogP contribution in [0.3, 0.4) is 0 Å². The maximum absolute atomic E-state index is 13.4. The van der Waals surface area contributed by atoms with Crippen LogP contribution in [0.25, 0.3) is 5.69 Å². The first-order valence-corrected chi connectivity index (χ1v) is 10.1. The number of carbonyl (C=O) groups excluding carboxylic acids is 2. The van der Waals surface area contributed by atoms with Crippen LogP contribution in [0.1, 0.15) is 34.3 Å². The first kappa shape index (κ1) is 20.3. The summed E-state index contributed by atoms with van der Waals surface area (Å²) in [6, 6.07) is 5.42. The highest BCUT2D eigenvalue weighted by molar-refractivity contribution is 5.95. The topological polar surface area (TPSA) is 74.6 Å². The van der Waals surface area contributed by atoms with E-state index in [0.717, 1.165) is 24.9 Å². The molecule has 1 aromatic heterocycles. The highest BCUT2D eigenvalue weighted by Crippen LogP contribution is 2.25. The molecule has 8 heteroatoms. The summed E-state index contributed by atoms with van der Waals surface area (Å²) in [4.78, 5) is 42.6. The number of benzene rings is 1. The molecule has 0 radical (unpaired) electrons. The molecular formula is C22H25FN4O3. The summed E-state index contributed by atoms with van der Waals surface area (Å²) in [6.07, 6.45) is 3.97. The van der Waals surface area contributed by atoms with Crippen LogP contribution in [0.2, 0.25) is 0 Å². The van der Waals surface area contributed by atoms with E-state index in [1.807, 2.05) is 11.9 Å². The molecule has 1 saturated heterocycles. The van der Waals surface area contributed by atoms with Crippen LogP contribution in [-0.2, 0) is 17.8 Å². The van der Waals surface area contributed by atoms with Crippen LogP contribution >= 0.6 is 0 Å². The molecule has 0 spiro atoms. The van der Waals surface area contributed by atoms with Gasteiger partial charge in [0.25, 0.3) is 11.5 Å². The second kappa shape index (κ2) is 8.02. The van der Waals surface area contributed by atoms with Crippen LogP contribution in [0.15, 0.2) is 35.3 Å². The number of amides is 2. The number of pyridine rings is 1. The number of aromatic nitrogens is 1. The van der Waals surface area contributed by atoms with Crippen LogP contribution in [0.4, 0.5) is 4.39 Å². The van der Waals surface area contributed by atoms with Crippen molar-refractivity contribution in [1.29, 1.82) is 0 Å². The van der Waals surface area contributed by atoms with E-state index in [4.69, 9.17) is 0 Å². The summed E-state index contributed by atoms with van der Waals surface area (Å²) < 4.78 is 14.7. The zero-order valence-corrected chi connectivity index (χ0v) is 17.2. The lowest BCUT2D eigenvalue weighted by Crippen LogP contribution is -2.47. The fourth-order valence-electron chi connectivity index (χ4n) is 4.43. The van der Waals surface area contributed by atoms with Crippen molar-refractivity contribution in [1.82, 2.24) is 19.7 Å². The molecule has 2 aromatic rings. The molecule has 158 valence electrons. The molecule has 4 rings (SSSR count). The van der Waals surface area contributed by atoms with E-state index in [0.29, 0.717) is 30.8 Å². The lowest BCUT2D eigenvalue weighted by Gasteiger charge is -2.33. The molecule has 2 aliphatic heterocycles. The molecule has 3 heterocycles. The van der Waals surface area contributed by atoms with Crippen molar-refractivity contribution in [2.75, 3.05) is 27.2 Å². The average Bonchev–Trinajstić information content (AvgIpc) is 3.18. The molecule has 1 atom stereocenters. The van der Waals surface area contributed by atoms with Crippen molar-refractivity contribution in [3.8, 4) is 5.69 Å². The summed E-state index contributed by atoms with van der Waals surface area (Å²) in [5, 5.41) is 2.55. The molecule has 0 aliphatic carbocycles. The number of hydrogen-bond acceptors (Lipinski definition) is 4. The predicted octanol–water partition coefficient (Wildman–Crippen LogP) is 1.32. The third-order valence-electron chi connectivity index (χ3n) is 6.08. The zero-order valence-electron chi connectivity index (χ0n) is 17.2. The Morgan fingerprint density at radius 2 is 1.90 bits per heavy atom. The highest BCUT2D eigenvalue weighted by atomic mass is 19.1. The van der Waals surface area contributed by atoms with Gasteiger partial charge in [-0.1, -0.05) is 0 Å². The third-order valence-corrected chi connectivity index (χ3v) is 6.08. The van der Waals surface area contributed by atoms with Gasteiger partial charge in [-0.15, -0.1) is 0 Å². The first-order chi connectivity index (χ1) is 14.4. The van der Waals surface area contributed by atoms with Gasteiger partial charge in [-0.25, -0.2) is 4.39 Å². The van der Waals surface area contributed by atoms with E-state index in [1.165, 1.54) is 35.9 Å². The lowest BCUT2D eigenvalue weighted by atomic mass is 9.95. The van der Waals surface area contributed by atoms with E-state index in [-0.39, 0.29) is 17.5 Å². The molecule has 0 bridgehead atoms. The maximum atomic E-state index is 13.4. The number of halogens is 1. The predicted molar refractivity (Wildman–Crippen MR) is 110 cm³/mol. The molecule has 7 nitrogen and oxygen atoms in total. The van der Waals surface area contributed by atoms with Crippen LogP contribution in [0.5, 0.6) is 0 Å². The summed E-state index contributed by atoms with van der Waals surface area (Å²) in [7, 11) is 3.45. The van der Waals surface area contributed by atoms with Gasteiger partial charge in [0.15, 0.2) is 0 Å². The van der Waals surface area contributed by atoms with Gasteiger partial charge < -0.3 is 10.2 Å². The molecule has 2 amide bonds. The average molecular weight is 412 g/mol. The second-order valence-electron chi connectivity index (χ2n) is 7.89. The Hall–Kier alpha value is -3.00. The van der Waals surface area contributed by atoms with E-state index in [2.05, 4.69) is 10.2 Å². The summed E-state index contributed by atoms with van der Waals surface area (Å²) in [6.45, 7) is 1.72. The number of hydrogen-bond donors (Lipinski definition) is 1. The quantitative estimate of drug-likeness (QED) is 0.825. The fraction of sp³-hybridized carbons (Fsp3) is 0.409. The highest BCUT2D eigenvalue weighted by Gasteiger charge is 2.34. The van der Waals surface area contributed by atoms with Crippen molar-refractivity contribution >= 4 is 11.8 Å². The molecule has 1 N–H and O–H groups in total. The van der Waals surface area contributed by atoms with Gasteiger partial charge in [0.2, 0.25) is 5.91 Å². The van der Waals surface area contributed by atoms with Gasteiger partial charge in [-0.05, 0) is 68.2 Å². The van der Waals surface area contributed by atoms with Gasteiger partial charge in [0.1, 0.15) is 11.4 Å². The van der Waals surface area contributed by atoms with Gasteiger partial charge in [0, 0.05) is 32.0 Å². The monoisotopic (exact) mass is 412 g/mol. The van der Waals surface area contributed by atoms with Gasteiger partial charge >= 0.3 is 0 Å². The van der Waals surface area contributed by atoms with E-state index in [9.17, 15) is 18.8 Å². The van der Waals surface area contributed by atoms with Crippen LogP contribution in [0, 0.1) is 5.82 Å². The Morgan fingerprint density at radius 3 is 2.53 bits per heavy atom. The largest absolute Gasteiger partial charge is 0.355 e. The van der Waals surface area contributed by atoms with Gasteiger partial charge in [-0.2, -0.15) is 0 Å². The number of rotatable bonds is 3. The van der Waals surface area contributed by atoms with E-state index < -0.39 is 17.3 Å². The Labute approximate surface area is 174 Å². The van der Waals surface area contributed by atoms with Crippen molar-refractivity contribution in [2.45, 2.75) is 31.8 Å². The van der Waals surface area contributed by atoms with Crippen LogP contribution < -0.4 is 10.9 Å². The summed E-state index contributed by atoms with van der Waals surface area (Å²) in [5.74, 6) is -0.779. The van der Waals surface area contributed by atoms with Crippen LogP contribution in [-0.4, -0.2) is 59.4 Å². The Balaban J connectivity index is 1.76. The number of nitrogens with one attached hydrogen (secondary N) is 1. The Bertz CT molecular complexity index is 1050. The minimum absolute atomic E-state index is 0.0849. The molecule has 1 aromatic carbocycles. The van der Waals surface area contributed by atoms with Crippen molar-refractivity contribution < 1.29 is 14.0 Å². The van der Waals surface area contributed by atoms with Gasteiger partial charge in [-0.3, -0.25) is 23.9 Å². The van der Waals surface area contributed by atoms with Crippen molar-refractivity contribution in [3.63, 3.8) is 0 Å².